The molecule has 0 spiro atoms. The van der Waals surface area contributed by atoms with Gasteiger partial charge in [0.15, 0.2) is 5.76 Å². The summed E-state index contributed by atoms with van der Waals surface area (Å²) in [6.45, 7) is 1.71. The van der Waals surface area contributed by atoms with Crippen LogP contribution in [-0.4, -0.2) is 22.8 Å². The van der Waals surface area contributed by atoms with E-state index in [4.69, 9.17) is 14.9 Å². The molecule has 0 radical (unpaired) electrons. The van der Waals surface area contributed by atoms with E-state index in [9.17, 15) is 14.4 Å². The van der Waals surface area contributed by atoms with Crippen LogP contribution >= 0.6 is 0 Å². The lowest BCUT2D eigenvalue weighted by molar-refractivity contribution is -0.0444. The molecule has 0 bridgehead atoms. The van der Waals surface area contributed by atoms with Gasteiger partial charge in [-0.2, -0.15) is 0 Å². The summed E-state index contributed by atoms with van der Waals surface area (Å²) in [5.74, 6) is 5.92. The molecule has 0 aliphatic carbocycles. The molecule has 0 unspecified atom stereocenters. The highest BCUT2D eigenvalue weighted by Crippen LogP contribution is 2.23. The number of carbonyl (C=O) groups is 1. The Morgan fingerprint density at radius 1 is 1.39 bits per heavy atom. The van der Waals surface area contributed by atoms with Crippen LogP contribution in [0, 0.1) is 23.6 Å². The van der Waals surface area contributed by atoms with E-state index in [2.05, 4.69) is 11.8 Å². The number of primary amides is 1. The summed E-state index contributed by atoms with van der Waals surface area (Å²) in [6.07, 6.45) is 0. The van der Waals surface area contributed by atoms with Crippen LogP contribution in [0.2, 0.25) is 0 Å². The summed E-state index contributed by atoms with van der Waals surface area (Å²) in [5.41, 5.74) is 4.91. The number of hydroxylamine groups is 2. The predicted octanol–water partition coefficient (Wildman–Crippen LogP) is 2.97. The summed E-state index contributed by atoms with van der Waals surface area (Å²) in [7, 11) is 0. The normalized spacial score (nSPS) is 11.3. The van der Waals surface area contributed by atoms with Crippen molar-refractivity contribution in [1.29, 1.82) is 0 Å². The monoisotopic (exact) mass is 318 g/mol. The number of hydrogen-bond acceptors (Lipinski definition) is 4. The van der Waals surface area contributed by atoms with Crippen molar-refractivity contribution >= 4 is 6.03 Å². The van der Waals surface area contributed by atoms with Crippen molar-refractivity contribution in [2.24, 2.45) is 11.7 Å². The zero-order valence-corrected chi connectivity index (χ0v) is 12.3. The van der Waals surface area contributed by atoms with E-state index in [1.165, 1.54) is 24.3 Å². The summed E-state index contributed by atoms with van der Waals surface area (Å²) in [4.78, 5) is 10.7. The number of nitrogens with two attached hydrogens (primary N) is 1. The van der Waals surface area contributed by atoms with Crippen LogP contribution in [0.15, 0.2) is 40.8 Å². The molecule has 0 aliphatic rings. The standard InChI is InChI=1S/C16H15FN2O4/c1-11(10-19(21)16(18)20)2-5-13-8-9-15(22-13)23-14-6-3-12(17)4-7-14/h3-4,6-9,11,21H,10H2,1H3,(H2,18,20)/t11-/m0/s1. The summed E-state index contributed by atoms with van der Waals surface area (Å²) < 4.78 is 23.6. The highest BCUT2D eigenvalue weighted by molar-refractivity contribution is 5.70. The second-order valence-corrected chi connectivity index (χ2v) is 4.77. The van der Waals surface area contributed by atoms with Crippen LogP contribution in [0.4, 0.5) is 9.18 Å². The number of rotatable bonds is 4. The van der Waals surface area contributed by atoms with Gasteiger partial charge < -0.3 is 14.9 Å². The van der Waals surface area contributed by atoms with Crippen molar-refractivity contribution in [3.05, 3.63) is 48.0 Å². The fraction of sp³-hybridized carbons (Fsp3) is 0.188. The zero-order chi connectivity index (χ0) is 16.8. The third-order valence-electron chi connectivity index (χ3n) is 2.76. The average Bonchev–Trinajstić information content (AvgIpc) is 2.95. The van der Waals surface area contributed by atoms with E-state index in [0.29, 0.717) is 16.6 Å². The summed E-state index contributed by atoms with van der Waals surface area (Å²) in [5, 5.41) is 9.60. The molecule has 2 amide bonds. The minimum atomic E-state index is -0.938. The second kappa shape index (κ2) is 7.33. The molecular weight excluding hydrogens is 303 g/mol. The van der Waals surface area contributed by atoms with E-state index in [1.54, 1.807) is 19.1 Å². The van der Waals surface area contributed by atoms with Crippen LogP contribution in [0.25, 0.3) is 0 Å². The van der Waals surface area contributed by atoms with Crippen LogP contribution in [-0.2, 0) is 0 Å². The minimum Gasteiger partial charge on any atom is -0.426 e. The largest absolute Gasteiger partial charge is 0.426 e. The Bertz CT molecular complexity index is 731. The van der Waals surface area contributed by atoms with Gasteiger partial charge in [0, 0.05) is 12.0 Å². The van der Waals surface area contributed by atoms with Crippen LogP contribution in [0.3, 0.4) is 0 Å². The lowest BCUT2D eigenvalue weighted by Gasteiger charge is -2.13. The van der Waals surface area contributed by atoms with Crippen molar-refractivity contribution in [2.75, 3.05) is 6.54 Å². The van der Waals surface area contributed by atoms with Crippen molar-refractivity contribution < 1.29 is 23.5 Å². The van der Waals surface area contributed by atoms with Crippen LogP contribution < -0.4 is 10.5 Å². The maximum absolute atomic E-state index is 12.8. The first-order valence-corrected chi connectivity index (χ1v) is 6.74. The smallest absolute Gasteiger partial charge is 0.338 e. The first-order chi connectivity index (χ1) is 10.9. The third kappa shape index (κ3) is 5.05. The molecule has 1 atom stereocenters. The lowest BCUT2D eigenvalue weighted by Crippen LogP contribution is -2.35. The Hall–Kier alpha value is -2.98. The number of ether oxygens (including phenoxy) is 1. The fourth-order valence-corrected chi connectivity index (χ4v) is 1.65. The van der Waals surface area contributed by atoms with Crippen molar-refractivity contribution in [2.45, 2.75) is 6.92 Å². The lowest BCUT2D eigenvalue weighted by atomic mass is 10.2. The zero-order valence-electron chi connectivity index (χ0n) is 12.3. The molecule has 1 aromatic carbocycles. The van der Waals surface area contributed by atoms with Gasteiger partial charge in [-0.3, -0.25) is 5.21 Å². The van der Waals surface area contributed by atoms with Gasteiger partial charge in [0.05, 0.1) is 6.54 Å². The van der Waals surface area contributed by atoms with Crippen LogP contribution in [0.1, 0.15) is 12.7 Å². The molecule has 3 N–H and O–H groups in total. The first kappa shape index (κ1) is 16.4. The fourth-order valence-electron chi connectivity index (χ4n) is 1.65. The number of nitrogens with zero attached hydrogens (tertiary/aromatic N) is 1. The van der Waals surface area contributed by atoms with Gasteiger partial charge in [0.1, 0.15) is 11.6 Å². The Balaban J connectivity index is 1.96. The number of halogens is 1. The third-order valence-corrected chi connectivity index (χ3v) is 2.76. The molecule has 2 aromatic rings. The Kier molecular flexibility index (Phi) is 5.23. The molecule has 0 saturated heterocycles. The van der Waals surface area contributed by atoms with E-state index in [1.807, 2.05) is 0 Å². The molecule has 1 aromatic heterocycles. The molecule has 0 saturated carbocycles. The predicted molar refractivity (Wildman–Crippen MR) is 79.3 cm³/mol. The van der Waals surface area contributed by atoms with Crippen molar-refractivity contribution in [3.8, 4) is 23.5 Å². The molecule has 0 aliphatic heterocycles. The summed E-state index contributed by atoms with van der Waals surface area (Å²) >= 11 is 0. The van der Waals surface area contributed by atoms with Gasteiger partial charge in [-0.1, -0.05) is 5.92 Å². The van der Waals surface area contributed by atoms with Gasteiger partial charge >= 0.3 is 6.03 Å². The molecule has 7 heteroatoms. The molecular formula is C16H15FN2O4. The van der Waals surface area contributed by atoms with E-state index >= 15 is 0 Å². The number of furan rings is 1. The first-order valence-electron chi connectivity index (χ1n) is 6.74. The van der Waals surface area contributed by atoms with Gasteiger partial charge in [0.2, 0.25) is 0 Å². The van der Waals surface area contributed by atoms with Crippen molar-refractivity contribution in [3.63, 3.8) is 0 Å². The van der Waals surface area contributed by atoms with Gasteiger partial charge in [-0.15, -0.1) is 0 Å². The highest BCUT2D eigenvalue weighted by Gasteiger charge is 2.09. The maximum atomic E-state index is 12.8. The molecule has 23 heavy (non-hydrogen) atoms. The highest BCUT2D eigenvalue weighted by atomic mass is 19.1. The van der Waals surface area contributed by atoms with Gasteiger partial charge in [-0.25, -0.2) is 14.2 Å². The Morgan fingerprint density at radius 2 is 2.09 bits per heavy atom. The van der Waals surface area contributed by atoms with E-state index < -0.39 is 6.03 Å². The van der Waals surface area contributed by atoms with E-state index in [0.717, 1.165) is 0 Å². The molecule has 120 valence electrons. The average molecular weight is 318 g/mol. The molecule has 1 heterocycles. The minimum absolute atomic E-state index is 0.0119. The molecule has 6 nitrogen and oxygen atoms in total. The Morgan fingerprint density at radius 3 is 2.74 bits per heavy atom. The number of benzene rings is 1. The maximum Gasteiger partial charge on any atom is 0.338 e. The van der Waals surface area contributed by atoms with Crippen LogP contribution in [0.5, 0.6) is 11.7 Å². The SMILES string of the molecule is C[C@@H](C#Cc1ccc(Oc2ccc(F)cc2)o1)CN(O)C(N)=O. The van der Waals surface area contributed by atoms with Crippen molar-refractivity contribution in [1.82, 2.24) is 5.06 Å². The number of carbonyl (C=O) groups excluding carboxylic acids is 1. The second-order valence-electron chi connectivity index (χ2n) is 4.77. The van der Waals surface area contributed by atoms with Gasteiger partial charge in [-0.05, 0) is 43.2 Å². The number of hydrogen-bond donors (Lipinski definition) is 2. The molecule has 0 fully saturated rings. The van der Waals surface area contributed by atoms with Gasteiger partial charge in [0.25, 0.3) is 5.95 Å². The number of amides is 2. The summed E-state index contributed by atoms with van der Waals surface area (Å²) in [6, 6.07) is 7.77. The molecule has 2 rings (SSSR count). The Labute approximate surface area is 132 Å². The quantitative estimate of drug-likeness (QED) is 0.515. The number of urea groups is 1. The topological polar surface area (TPSA) is 88.9 Å². The van der Waals surface area contributed by atoms with E-state index in [-0.39, 0.29) is 24.2 Å².